The van der Waals surface area contributed by atoms with E-state index in [1.807, 2.05) is 0 Å². The van der Waals surface area contributed by atoms with Crippen molar-refractivity contribution in [3.05, 3.63) is 24.0 Å². The molecule has 1 atom stereocenters. The van der Waals surface area contributed by atoms with Gasteiger partial charge in [0, 0.05) is 13.1 Å². The van der Waals surface area contributed by atoms with Gasteiger partial charge in [-0.15, -0.1) is 0 Å². The third-order valence-electron chi connectivity index (χ3n) is 2.70. The highest BCUT2D eigenvalue weighted by molar-refractivity contribution is 7.89. The molecule has 8 heteroatoms. The lowest BCUT2D eigenvalue weighted by Crippen LogP contribution is -2.40. The van der Waals surface area contributed by atoms with Gasteiger partial charge in [-0.2, -0.15) is 4.31 Å². The van der Waals surface area contributed by atoms with E-state index >= 15 is 0 Å². The van der Waals surface area contributed by atoms with Gasteiger partial charge in [0.2, 0.25) is 10.0 Å². The van der Waals surface area contributed by atoms with Crippen LogP contribution in [0.1, 0.15) is 6.92 Å². The Labute approximate surface area is 110 Å². The van der Waals surface area contributed by atoms with E-state index in [2.05, 4.69) is 0 Å². The number of carboxylic acid groups (broad SMARTS) is 1. The summed E-state index contributed by atoms with van der Waals surface area (Å²) >= 11 is 0. The minimum Gasteiger partial charge on any atom is -0.497 e. The Bertz CT molecular complexity index is 587. The van der Waals surface area contributed by atoms with E-state index in [9.17, 15) is 17.6 Å². The van der Waals surface area contributed by atoms with Gasteiger partial charge < -0.3 is 9.84 Å². The summed E-state index contributed by atoms with van der Waals surface area (Å²) in [6, 6.07) is 1.95. The van der Waals surface area contributed by atoms with Crippen LogP contribution in [0.25, 0.3) is 0 Å². The van der Waals surface area contributed by atoms with E-state index < -0.39 is 32.7 Å². The minimum absolute atomic E-state index is 0.172. The highest BCUT2D eigenvalue weighted by Gasteiger charge is 2.31. The summed E-state index contributed by atoms with van der Waals surface area (Å²) in [4.78, 5) is 10.2. The molecular weight excluding hydrogens is 277 g/mol. The quantitative estimate of drug-likeness (QED) is 0.872. The summed E-state index contributed by atoms with van der Waals surface area (Å²) in [7, 11) is -1.81. The number of nitrogens with zero attached hydrogens (tertiary/aromatic N) is 1. The molecule has 0 aliphatic carbocycles. The first kappa shape index (κ1) is 15.4. The van der Waals surface area contributed by atoms with Gasteiger partial charge in [-0.05, 0) is 19.1 Å². The second-order valence-electron chi connectivity index (χ2n) is 3.83. The molecule has 6 nitrogen and oxygen atoms in total. The SMILES string of the molecule is COc1ccc(S(=O)(=O)N(C)C(C)C(=O)O)c(F)c1. The average molecular weight is 291 g/mol. The van der Waals surface area contributed by atoms with Crippen molar-refractivity contribution in [1.29, 1.82) is 0 Å². The Hall–Kier alpha value is -1.67. The summed E-state index contributed by atoms with van der Waals surface area (Å²) in [6.07, 6.45) is 0. The summed E-state index contributed by atoms with van der Waals surface area (Å²) in [6.45, 7) is 1.20. The predicted octanol–water partition coefficient (Wildman–Crippen LogP) is 0.928. The standard InChI is InChI=1S/C11H14FNO5S/c1-7(11(14)15)13(2)19(16,17)10-5-4-8(18-3)6-9(10)12/h4-7H,1-3H3,(H,14,15). The molecule has 0 saturated carbocycles. The number of halogens is 1. The smallest absolute Gasteiger partial charge is 0.321 e. The summed E-state index contributed by atoms with van der Waals surface area (Å²) < 4.78 is 43.2. The largest absolute Gasteiger partial charge is 0.497 e. The first-order chi connectivity index (χ1) is 8.71. The predicted molar refractivity (Wildman–Crippen MR) is 65.0 cm³/mol. The maximum atomic E-state index is 13.7. The summed E-state index contributed by atoms with van der Waals surface area (Å²) in [5.74, 6) is -2.14. The molecule has 1 aromatic carbocycles. The molecule has 0 saturated heterocycles. The molecule has 0 heterocycles. The van der Waals surface area contributed by atoms with Gasteiger partial charge in [0.15, 0.2) is 0 Å². The number of benzene rings is 1. The van der Waals surface area contributed by atoms with Crippen molar-refractivity contribution in [3.8, 4) is 5.75 Å². The number of carbonyl (C=O) groups is 1. The van der Waals surface area contributed by atoms with Crippen LogP contribution in [0.2, 0.25) is 0 Å². The average Bonchev–Trinajstić information content (AvgIpc) is 2.36. The van der Waals surface area contributed by atoms with E-state index in [1.165, 1.54) is 20.1 Å². The van der Waals surface area contributed by atoms with Crippen LogP contribution in [-0.4, -0.2) is 44.0 Å². The molecule has 0 bridgehead atoms. The van der Waals surface area contributed by atoms with Crippen LogP contribution in [0.5, 0.6) is 5.75 Å². The van der Waals surface area contributed by atoms with Gasteiger partial charge in [-0.3, -0.25) is 4.79 Å². The van der Waals surface area contributed by atoms with Crippen molar-refractivity contribution in [2.24, 2.45) is 0 Å². The van der Waals surface area contributed by atoms with Gasteiger partial charge in [0.25, 0.3) is 0 Å². The zero-order valence-electron chi connectivity index (χ0n) is 10.6. The van der Waals surface area contributed by atoms with Crippen LogP contribution in [0.15, 0.2) is 23.1 Å². The molecule has 1 aromatic rings. The van der Waals surface area contributed by atoms with Crippen molar-refractivity contribution in [1.82, 2.24) is 4.31 Å². The fourth-order valence-electron chi connectivity index (χ4n) is 1.34. The van der Waals surface area contributed by atoms with E-state index in [4.69, 9.17) is 9.84 Å². The number of hydrogen-bond acceptors (Lipinski definition) is 4. The molecule has 0 amide bonds. The van der Waals surface area contributed by atoms with Crippen molar-refractivity contribution >= 4 is 16.0 Å². The summed E-state index contributed by atoms with van der Waals surface area (Å²) in [5, 5.41) is 8.79. The van der Waals surface area contributed by atoms with Gasteiger partial charge in [0.1, 0.15) is 22.5 Å². The van der Waals surface area contributed by atoms with E-state index in [0.717, 1.165) is 19.2 Å². The lowest BCUT2D eigenvalue weighted by atomic mass is 10.3. The van der Waals surface area contributed by atoms with Gasteiger partial charge in [0.05, 0.1) is 7.11 Å². The van der Waals surface area contributed by atoms with E-state index in [0.29, 0.717) is 4.31 Å². The number of hydrogen-bond donors (Lipinski definition) is 1. The number of carboxylic acids is 1. The normalized spacial score (nSPS) is 13.3. The van der Waals surface area contributed by atoms with Crippen molar-refractivity contribution in [2.45, 2.75) is 17.9 Å². The van der Waals surface area contributed by atoms with Crippen LogP contribution in [0.3, 0.4) is 0 Å². The van der Waals surface area contributed by atoms with Crippen LogP contribution in [-0.2, 0) is 14.8 Å². The lowest BCUT2D eigenvalue weighted by Gasteiger charge is -2.21. The fraction of sp³-hybridized carbons (Fsp3) is 0.364. The Balaban J connectivity index is 3.24. The topological polar surface area (TPSA) is 83.9 Å². The first-order valence-electron chi connectivity index (χ1n) is 5.26. The van der Waals surface area contributed by atoms with Gasteiger partial charge in [-0.1, -0.05) is 0 Å². The molecular formula is C11H14FNO5S. The Kier molecular flexibility index (Phi) is 4.48. The zero-order valence-corrected chi connectivity index (χ0v) is 11.4. The molecule has 1 rings (SSSR count). The Morgan fingerprint density at radius 2 is 2.05 bits per heavy atom. The summed E-state index contributed by atoms with van der Waals surface area (Å²) in [5.41, 5.74) is 0. The zero-order chi connectivity index (χ0) is 14.8. The maximum absolute atomic E-state index is 13.7. The number of rotatable bonds is 5. The third kappa shape index (κ3) is 3.02. The molecule has 0 spiro atoms. The third-order valence-corrected chi connectivity index (χ3v) is 4.66. The Morgan fingerprint density at radius 3 is 2.47 bits per heavy atom. The number of methoxy groups -OCH3 is 1. The molecule has 0 aromatic heterocycles. The van der Waals surface area contributed by atoms with E-state index in [1.54, 1.807) is 0 Å². The number of likely N-dealkylation sites (N-methyl/N-ethyl adjacent to an activating group) is 1. The number of ether oxygens (including phenoxy) is 1. The monoisotopic (exact) mass is 291 g/mol. The molecule has 0 aliphatic heterocycles. The van der Waals surface area contributed by atoms with Crippen LogP contribution in [0.4, 0.5) is 4.39 Å². The molecule has 19 heavy (non-hydrogen) atoms. The Morgan fingerprint density at radius 1 is 1.47 bits per heavy atom. The molecule has 0 aliphatic rings. The molecule has 106 valence electrons. The fourth-order valence-corrected chi connectivity index (χ4v) is 2.70. The van der Waals surface area contributed by atoms with Crippen molar-refractivity contribution in [2.75, 3.05) is 14.2 Å². The second kappa shape index (κ2) is 5.54. The van der Waals surface area contributed by atoms with Gasteiger partial charge in [-0.25, -0.2) is 12.8 Å². The molecule has 1 N–H and O–H groups in total. The highest BCUT2D eigenvalue weighted by atomic mass is 32.2. The van der Waals surface area contributed by atoms with Crippen LogP contribution < -0.4 is 4.74 Å². The van der Waals surface area contributed by atoms with Gasteiger partial charge >= 0.3 is 5.97 Å². The molecule has 0 radical (unpaired) electrons. The van der Waals surface area contributed by atoms with Crippen molar-refractivity contribution < 1.29 is 27.4 Å². The maximum Gasteiger partial charge on any atom is 0.321 e. The molecule has 1 unspecified atom stereocenters. The van der Waals surface area contributed by atoms with Crippen molar-refractivity contribution in [3.63, 3.8) is 0 Å². The molecule has 0 fully saturated rings. The number of sulfonamides is 1. The highest BCUT2D eigenvalue weighted by Crippen LogP contribution is 2.23. The lowest BCUT2D eigenvalue weighted by molar-refractivity contribution is -0.140. The number of aliphatic carboxylic acids is 1. The second-order valence-corrected chi connectivity index (χ2v) is 5.80. The van der Waals surface area contributed by atoms with Crippen LogP contribution >= 0.6 is 0 Å². The van der Waals surface area contributed by atoms with E-state index in [-0.39, 0.29) is 5.75 Å². The van der Waals surface area contributed by atoms with Crippen LogP contribution in [0, 0.1) is 5.82 Å². The minimum atomic E-state index is -4.22. The first-order valence-corrected chi connectivity index (χ1v) is 6.70.